The molecule has 0 aliphatic heterocycles. The molecule has 2 N–H and O–H groups in total. The molecule has 1 aromatic heterocycles. The average molecular weight is 348 g/mol. The van der Waals surface area contributed by atoms with Crippen molar-refractivity contribution in [3.8, 4) is 11.1 Å². The van der Waals surface area contributed by atoms with Crippen LogP contribution in [0.1, 0.15) is 10.4 Å². The number of benzene rings is 4. The maximum Gasteiger partial charge on any atom is 0.249 e. The number of amides is 1. The molecule has 0 fully saturated rings. The number of fused-ring (bicyclic) bond motifs is 4. The molecule has 4 aromatic carbocycles. The molecule has 0 saturated heterocycles. The van der Waals surface area contributed by atoms with Crippen molar-refractivity contribution >= 4 is 38.5 Å². The highest BCUT2D eigenvalue weighted by Gasteiger charge is 2.17. The summed E-state index contributed by atoms with van der Waals surface area (Å²) in [6.07, 6.45) is 0. The van der Waals surface area contributed by atoms with Gasteiger partial charge in [-0.2, -0.15) is 0 Å². The Labute approximate surface area is 156 Å². The summed E-state index contributed by atoms with van der Waals surface area (Å²) in [5, 5.41) is 4.26. The zero-order chi connectivity index (χ0) is 18.4. The second kappa shape index (κ2) is 5.92. The number of carbonyl (C=O) groups excluding carboxylic acids is 1. The van der Waals surface area contributed by atoms with Crippen molar-refractivity contribution in [1.29, 1.82) is 0 Å². The van der Waals surface area contributed by atoms with Gasteiger partial charge in [0, 0.05) is 27.3 Å². The van der Waals surface area contributed by atoms with Gasteiger partial charge in [-0.15, -0.1) is 0 Å². The van der Waals surface area contributed by atoms with E-state index in [0.29, 0.717) is 5.56 Å². The van der Waals surface area contributed by atoms with Crippen LogP contribution in [0.25, 0.3) is 43.7 Å². The Morgan fingerprint density at radius 1 is 0.704 bits per heavy atom. The number of aromatic nitrogens is 1. The van der Waals surface area contributed by atoms with E-state index >= 15 is 0 Å². The Morgan fingerprint density at radius 2 is 1.41 bits per heavy atom. The molecule has 5 aromatic rings. The van der Waals surface area contributed by atoms with Gasteiger partial charge in [0.05, 0.1) is 11.0 Å². The fourth-order valence-electron chi connectivity index (χ4n) is 3.83. The van der Waals surface area contributed by atoms with Crippen molar-refractivity contribution in [2.24, 2.45) is 5.73 Å². The van der Waals surface area contributed by atoms with Crippen LogP contribution in [0, 0.1) is 0 Å². The van der Waals surface area contributed by atoms with Crippen molar-refractivity contribution in [3.05, 3.63) is 90.5 Å². The van der Waals surface area contributed by atoms with Crippen molar-refractivity contribution in [1.82, 2.24) is 4.98 Å². The van der Waals surface area contributed by atoms with Gasteiger partial charge in [-0.1, -0.05) is 72.8 Å². The van der Waals surface area contributed by atoms with Gasteiger partial charge in [0.2, 0.25) is 5.91 Å². The quantitative estimate of drug-likeness (QED) is 0.347. The number of pyridine rings is 1. The van der Waals surface area contributed by atoms with E-state index in [9.17, 15) is 4.79 Å². The zero-order valence-electron chi connectivity index (χ0n) is 14.5. The van der Waals surface area contributed by atoms with Gasteiger partial charge in [-0.25, -0.2) is 4.98 Å². The molecule has 1 heterocycles. The van der Waals surface area contributed by atoms with Gasteiger partial charge in [0.25, 0.3) is 0 Å². The van der Waals surface area contributed by atoms with Gasteiger partial charge >= 0.3 is 0 Å². The summed E-state index contributed by atoms with van der Waals surface area (Å²) in [6, 6.07) is 27.9. The fraction of sp³-hybridized carbons (Fsp3) is 0. The van der Waals surface area contributed by atoms with Gasteiger partial charge in [0.15, 0.2) is 0 Å². The van der Waals surface area contributed by atoms with E-state index < -0.39 is 5.91 Å². The van der Waals surface area contributed by atoms with Crippen molar-refractivity contribution in [2.45, 2.75) is 0 Å². The number of rotatable bonds is 2. The van der Waals surface area contributed by atoms with E-state index in [1.807, 2.05) is 54.6 Å². The number of para-hydroxylation sites is 1. The number of nitrogens with zero attached hydrogens (tertiary/aromatic N) is 1. The summed E-state index contributed by atoms with van der Waals surface area (Å²) < 4.78 is 0. The number of nitrogens with two attached hydrogens (primary N) is 1. The highest BCUT2D eigenvalue weighted by molar-refractivity contribution is 6.18. The van der Waals surface area contributed by atoms with Gasteiger partial charge < -0.3 is 5.73 Å². The predicted octanol–water partition coefficient (Wildman–Crippen LogP) is 5.31. The Balaban J connectivity index is 2.04. The summed E-state index contributed by atoms with van der Waals surface area (Å²) in [5.41, 5.74) is 9.86. The van der Waals surface area contributed by atoms with Gasteiger partial charge in [-0.05, 0) is 23.1 Å². The minimum absolute atomic E-state index is 0.430. The minimum Gasteiger partial charge on any atom is -0.366 e. The van der Waals surface area contributed by atoms with Crippen molar-refractivity contribution in [3.63, 3.8) is 0 Å². The maximum absolute atomic E-state index is 12.1. The summed E-state index contributed by atoms with van der Waals surface area (Å²) in [5.74, 6) is -0.430. The van der Waals surface area contributed by atoms with E-state index in [-0.39, 0.29) is 0 Å². The summed E-state index contributed by atoms with van der Waals surface area (Å²) >= 11 is 0. The van der Waals surface area contributed by atoms with Crippen LogP contribution in [0.4, 0.5) is 0 Å². The second-order valence-electron chi connectivity index (χ2n) is 6.60. The number of carbonyl (C=O) groups is 1. The first kappa shape index (κ1) is 15.5. The Hall–Kier alpha value is -3.72. The third-order valence-corrected chi connectivity index (χ3v) is 5.04. The predicted molar refractivity (Wildman–Crippen MR) is 111 cm³/mol. The molecule has 0 atom stereocenters. The Morgan fingerprint density at radius 3 is 2.26 bits per heavy atom. The first-order valence-corrected chi connectivity index (χ1v) is 8.83. The summed E-state index contributed by atoms with van der Waals surface area (Å²) in [7, 11) is 0. The first-order chi connectivity index (χ1) is 13.2. The smallest absolute Gasteiger partial charge is 0.249 e. The fourth-order valence-corrected chi connectivity index (χ4v) is 3.83. The highest BCUT2D eigenvalue weighted by Crippen LogP contribution is 2.38. The van der Waals surface area contributed by atoms with Crippen LogP contribution in [0.5, 0.6) is 0 Å². The lowest BCUT2D eigenvalue weighted by atomic mass is 9.91. The lowest BCUT2D eigenvalue weighted by Crippen LogP contribution is -2.12. The highest BCUT2D eigenvalue weighted by atomic mass is 16.1. The van der Waals surface area contributed by atoms with E-state index in [4.69, 9.17) is 10.7 Å². The molecule has 0 aliphatic rings. The number of hydrogen-bond donors (Lipinski definition) is 1. The largest absolute Gasteiger partial charge is 0.366 e. The summed E-state index contributed by atoms with van der Waals surface area (Å²) in [6.45, 7) is 0. The molecule has 1 amide bonds. The molecule has 0 bridgehead atoms. The normalized spacial score (nSPS) is 11.3. The third-order valence-electron chi connectivity index (χ3n) is 5.04. The molecule has 0 radical (unpaired) electrons. The van der Waals surface area contributed by atoms with Gasteiger partial charge in [-0.3, -0.25) is 4.79 Å². The lowest BCUT2D eigenvalue weighted by molar-refractivity contribution is 0.100. The molecule has 0 aliphatic carbocycles. The Kier molecular flexibility index (Phi) is 3.41. The minimum atomic E-state index is -0.430. The van der Waals surface area contributed by atoms with Gasteiger partial charge in [0.1, 0.15) is 0 Å². The molecule has 0 saturated carbocycles. The molecule has 3 heteroatoms. The molecule has 128 valence electrons. The van der Waals surface area contributed by atoms with Crippen molar-refractivity contribution in [2.75, 3.05) is 0 Å². The van der Waals surface area contributed by atoms with Crippen LogP contribution in [-0.4, -0.2) is 10.9 Å². The first-order valence-electron chi connectivity index (χ1n) is 8.83. The molecule has 27 heavy (non-hydrogen) atoms. The van der Waals surface area contributed by atoms with Crippen LogP contribution in [0.2, 0.25) is 0 Å². The molecule has 0 unspecified atom stereocenters. The molecule has 0 spiro atoms. The van der Waals surface area contributed by atoms with Crippen LogP contribution in [-0.2, 0) is 0 Å². The molecular formula is C24H16N2O. The number of hydrogen-bond acceptors (Lipinski definition) is 2. The van der Waals surface area contributed by atoms with Crippen molar-refractivity contribution < 1.29 is 4.79 Å². The lowest BCUT2D eigenvalue weighted by Gasteiger charge is -2.15. The SMILES string of the molecule is NC(=O)c1ccccc1-c1c2ccccc2nc2c1ccc1ccccc12. The Bertz CT molecular complexity index is 1360. The van der Waals surface area contributed by atoms with Crippen LogP contribution >= 0.6 is 0 Å². The van der Waals surface area contributed by atoms with E-state index in [1.165, 1.54) is 0 Å². The maximum atomic E-state index is 12.1. The standard InChI is InChI=1S/C24H16N2O/c25-24(27)18-10-4-3-9-17(18)22-19-11-5-6-12-21(19)26-23-16-8-2-1-7-15(16)13-14-20(22)23/h1-14H,(H2,25,27). The second-order valence-corrected chi connectivity index (χ2v) is 6.60. The molecular weight excluding hydrogens is 332 g/mol. The molecule has 5 rings (SSSR count). The monoisotopic (exact) mass is 348 g/mol. The zero-order valence-corrected chi connectivity index (χ0v) is 14.5. The van der Waals surface area contributed by atoms with Crippen LogP contribution < -0.4 is 5.73 Å². The summed E-state index contributed by atoms with van der Waals surface area (Å²) in [4.78, 5) is 17.0. The third kappa shape index (κ3) is 2.36. The van der Waals surface area contributed by atoms with E-state index in [0.717, 1.165) is 43.7 Å². The average Bonchev–Trinajstić information content (AvgIpc) is 2.72. The van der Waals surface area contributed by atoms with E-state index in [1.54, 1.807) is 6.07 Å². The topological polar surface area (TPSA) is 56.0 Å². The van der Waals surface area contributed by atoms with Crippen LogP contribution in [0.15, 0.2) is 84.9 Å². The van der Waals surface area contributed by atoms with E-state index in [2.05, 4.69) is 24.3 Å². The number of primary amides is 1. The molecule has 3 nitrogen and oxygen atoms in total. The van der Waals surface area contributed by atoms with Crippen LogP contribution in [0.3, 0.4) is 0 Å².